The lowest BCUT2D eigenvalue weighted by Gasteiger charge is -2.20. The van der Waals surface area contributed by atoms with Gasteiger partial charge in [-0.2, -0.15) is 0 Å². The van der Waals surface area contributed by atoms with Gasteiger partial charge < -0.3 is 4.90 Å². The van der Waals surface area contributed by atoms with E-state index in [0.717, 1.165) is 17.5 Å². The van der Waals surface area contributed by atoms with Gasteiger partial charge in [-0.15, -0.1) is 0 Å². The van der Waals surface area contributed by atoms with Crippen molar-refractivity contribution < 1.29 is 0 Å². The lowest BCUT2D eigenvalue weighted by atomic mass is 9.95. The van der Waals surface area contributed by atoms with Crippen molar-refractivity contribution in [1.29, 1.82) is 0 Å². The van der Waals surface area contributed by atoms with Crippen LogP contribution < -0.4 is 4.90 Å². The minimum Gasteiger partial charge on any atom is -0.371 e. The van der Waals surface area contributed by atoms with Gasteiger partial charge in [-0.25, -0.2) is 0 Å². The summed E-state index contributed by atoms with van der Waals surface area (Å²) in [6, 6.07) is 4.30. The second-order valence-corrected chi connectivity index (χ2v) is 4.89. The van der Waals surface area contributed by atoms with Crippen LogP contribution >= 0.6 is 0 Å². The zero-order chi connectivity index (χ0) is 12.8. The fourth-order valence-electron chi connectivity index (χ4n) is 2.29. The van der Waals surface area contributed by atoms with Crippen LogP contribution in [0.5, 0.6) is 0 Å². The number of aryl methyl sites for hydroxylation is 1. The molecule has 1 fully saturated rings. The van der Waals surface area contributed by atoms with Gasteiger partial charge in [0.2, 0.25) is 0 Å². The first-order valence-electron chi connectivity index (χ1n) is 6.84. The first-order chi connectivity index (χ1) is 8.16. The SMILES string of the molecule is CC.Cc1cc(N2CCC(C(C)C)C2)ccn1. The largest absolute Gasteiger partial charge is 0.371 e. The highest BCUT2D eigenvalue weighted by atomic mass is 15.2. The van der Waals surface area contributed by atoms with E-state index in [1.165, 1.54) is 25.2 Å². The zero-order valence-electron chi connectivity index (χ0n) is 11.9. The molecule has 1 saturated heterocycles. The fourth-order valence-corrected chi connectivity index (χ4v) is 2.29. The molecule has 2 heterocycles. The van der Waals surface area contributed by atoms with E-state index in [4.69, 9.17) is 0 Å². The van der Waals surface area contributed by atoms with E-state index >= 15 is 0 Å². The number of hydrogen-bond acceptors (Lipinski definition) is 2. The van der Waals surface area contributed by atoms with E-state index in [-0.39, 0.29) is 0 Å². The van der Waals surface area contributed by atoms with E-state index < -0.39 is 0 Å². The molecule has 1 aliphatic rings. The van der Waals surface area contributed by atoms with Gasteiger partial charge in [0.25, 0.3) is 0 Å². The maximum Gasteiger partial charge on any atom is 0.0399 e. The minimum atomic E-state index is 0.804. The Hall–Kier alpha value is -1.05. The monoisotopic (exact) mass is 234 g/mol. The third-order valence-corrected chi connectivity index (χ3v) is 3.41. The molecule has 17 heavy (non-hydrogen) atoms. The molecular formula is C15H26N2. The van der Waals surface area contributed by atoms with Crippen molar-refractivity contribution in [2.75, 3.05) is 18.0 Å². The summed E-state index contributed by atoms with van der Waals surface area (Å²) in [6.07, 6.45) is 3.24. The molecule has 0 aliphatic carbocycles. The maximum absolute atomic E-state index is 4.24. The van der Waals surface area contributed by atoms with Crippen molar-refractivity contribution in [3.05, 3.63) is 24.0 Å². The second-order valence-electron chi connectivity index (χ2n) is 4.89. The normalized spacial score (nSPS) is 19.2. The Bertz CT molecular complexity index is 333. The molecule has 1 unspecified atom stereocenters. The summed E-state index contributed by atoms with van der Waals surface area (Å²) in [4.78, 5) is 6.72. The molecule has 1 aromatic heterocycles. The first kappa shape index (κ1) is 14.0. The molecule has 1 atom stereocenters. The summed E-state index contributed by atoms with van der Waals surface area (Å²) < 4.78 is 0. The molecule has 0 amide bonds. The van der Waals surface area contributed by atoms with Crippen LogP contribution in [0.1, 0.15) is 39.8 Å². The number of anilines is 1. The third-order valence-electron chi connectivity index (χ3n) is 3.41. The van der Waals surface area contributed by atoms with Crippen LogP contribution in [-0.4, -0.2) is 18.1 Å². The average molecular weight is 234 g/mol. The summed E-state index contributed by atoms with van der Waals surface area (Å²) in [7, 11) is 0. The van der Waals surface area contributed by atoms with Crippen molar-refractivity contribution in [2.45, 2.75) is 41.0 Å². The minimum absolute atomic E-state index is 0.804. The van der Waals surface area contributed by atoms with Gasteiger partial charge in [-0.05, 0) is 37.3 Å². The molecule has 0 aromatic carbocycles. The number of aromatic nitrogens is 1. The van der Waals surface area contributed by atoms with Gasteiger partial charge in [0.05, 0.1) is 0 Å². The summed E-state index contributed by atoms with van der Waals surface area (Å²) in [5, 5.41) is 0. The summed E-state index contributed by atoms with van der Waals surface area (Å²) >= 11 is 0. The summed E-state index contributed by atoms with van der Waals surface area (Å²) in [5.74, 6) is 1.66. The molecule has 0 saturated carbocycles. The van der Waals surface area contributed by atoms with E-state index in [9.17, 15) is 0 Å². The van der Waals surface area contributed by atoms with Gasteiger partial charge in [0.1, 0.15) is 0 Å². The quantitative estimate of drug-likeness (QED) is 0.771. The molecule has 0 spiro atoms. The standard InChI is InChI=1S/C13H20N2.C2H6/c1-10(2)12-5-7-15(9-12)13-4-6-14-11(3)8-13;1-2/h4,6,8,10,12H,5,7,9H2,1-3H3;1-2H3. The highest BCUT2D eigenvalue weighted by molar-refractivity contribution is 5.47. The Morgan fingerprint density at radius 2 is 2.06 bits per heavy atom. The highest BCUT2D eigenvalue weighted by Gasteiger charge is 2.24. The number of pyridine rings is 1. The second kappa shape index (κ2) is 6.63. The Morgan fingerprint density at radius 3 is 2.59 bits per heavy atom. The van der Waals surface area contributed by atoms with Gasteiger partial charge in [0, 0.05) is 30.7 Å². The van der Waals surface area contributed by atoms with Crippen molar-refractivity contribution in [3.63, 3.8) is 0 Å². The van der Waals surface area contributed by atoms with Crippen molar-refractivity contribution >= 4 is 5.69 Å². The van der Waals surface area contributed by atoms with Gasteiger partial charge in [-0.1, -0.05) is 27.7 Å². The summed E-state index contributed by atoms with van der Waals surface area (Å²) in [6.45, 7) is 13.1. The van der Waals surface area contributed by atoms with Crippen molar-refractivity contribution in [1.82, 2.24) is 4.98 Å². The van der Waals surface area contributed by atoms with Crippen molar-refractivity contribution in [3.8, 4) is 0 Å². The molecular weight excluding hydrogens is 208 g/mol. The van der Waals surface area contributed by atoms with Crippen LogP contribution in [-0.2, 0) is 0 Å². The zero-order valence-corrected chi connectivity index (χ0v) is 11.9. The molecule has 0 radical (unpaired) electrons. The van der Waals surface area contributed by atoms with Crippen LogP contribution in [0.4, 0.5) is 5.69 Å². The molecule has 0 bridgehead atoms. The number of hydrogen-bond donors (Lipinski definition) is 0. The molecule has 2 nitrogen and oxygen atoms in total. The number of rotatable bonds is 2. The molecule has 2 heteroatoms. The molecule has 2 rings (SSSR count). The predicted octanol–water partition coefficient (Wildman–Crippen LogP) is 3.90. The Morgan fingerprint density at radius 1 is 1.35 bits per heavy atom. The lowest BCUT2D eigenvalue weighted by molar-refractivity contribution is 0.423. The van der Waals surface area contributed by atoms with Crippen LogP contribution in [0.25, 0.3) is 0 Å². The number of nitrogens with zero attached hydrogens (tertiary/aromatic N) is 2. The lowest BCUT2D eigenvalue weighted by Crippen LogP contribution is -2.21. The highest BCUT2D eigenvalue weighted by Crippen LogP contribution is 2.27. The van der Waals surface area contributed by atoms with E-state index in [1.54, 1.807) is 0 Å². The van der Waals surface area contributed by atoms with Crippen LogP contribution in [0.15, 0.2) is 18.3 Å². The Kier molecular flexibility index (Phi) is 5.46. The Labute approximate surface area is 106 Å². The predicted molar refractivity (Wildman–Crippen MR) is 75.5 cm³/mol. The smallest absolute Gasteiger partial charge is 0.0399 e. The first-order valence-corrected chi connectivity index (χ1v) is 6.84. The molecule has 96 valence electrons. The maximum atomic E-state index is 4.24. The van der Waals surface area contributed by atoms with Crippen LogP contribution in [0.3, 0.4) is 0 Å². The van der Waals surface area contributed by atoms with Gasteiger partial charge in [-0.3, -0.25) is 4.98 Å². The average Bonchev–Trinajstić information content (AvgIpc) is 2.81. The van der Waals surface area contributed by atoms with Gasteiger partial charge in [0.15, 0.2) is 0 Å². The van der Waals surface area contributed by atoms with E-state index in [0.29, 0.717) is 0 Å². The van der Waals surface area contributed by atoms with E-state index in [1.807, 2.05) is 20.0 Å². The van der Waals surface area contributed by atoms with Crippen LogP contribution in [0, 0.1) is 18.8 Å². The Balaban J connectivity index is 0.000000686. The summed E-state index contributed by atoms with van der Waals surface area (Å²) in [5.41, 5.74) is 2.45. The molecule has 1 aliphatic heterocycles. The van der Waals surface area contributed by atoms with E-state index in [2.05, 4.69) is 42.8 Å². The molecule has 0 N–H and O–H groups in total. The molecule has 1 aromatic rings. The van der Waals surface area contributed by atoms with Gasteiger partial charge >= 0.3 is 0 Å². The van der Waals surface area contributed by atoms with Crippen molar-refractivity contribution in [2.24, 2.45) is 11.8 Å². The topological polar surface area (TPSA) is 16.1 Å². The van der Waals surface area contributed by atoms with Crippen LogP contribution in [0.2, 0.25) is 0 Å². The third kappa shape index (κ3) is 3.72. The fraction of sp³-hybridized carbons (Fsp3) is 0.667.